The molecule has 0 N–H and O–H groups in total. The lowest BCUT2D eigenvalue weighted by Gasteiger charge is -2.31. The van der Waals surface area contributed by atoms with Gasteiger partial charge in [0.2, 0.25) is 0 Å². The fraction of sp³-hybridized carbons (Fsp3) is 0.450. The van der Waals surface area contributed by atoms with Crippen molar-refractivity contribution in [1.82, 2.24) is 4.31 Å². The first-order valence-electron chi connectivity index (χ1n) is 9.18. The Morgan fingerprint density at radius 2 is 1.81 bits per heavy atom. The number of likely N-dealkylation sites (N-methyl/N-ethyl adjacent to an activating group) is 1. The molecule has 0 saturated heterocycles. The highest BCUT2D eigenvalue weighted by Gasteiger charge is 2.35. The average molecular weight is 408 g/mol. The van der Waals surface area contributed by atoms with E-state index in [9.17, 15) is 13.2 Å². The van der Waals surface area contributed by atoms with Crippen LogP contribution in [0, 0.1) is 5.92 Å². The van der Waals surface area contributed by atoms with Gasteiger partial charge in [0, 0.05) is 7.05 Å². The van der Waals surface area contributed by atoms with Crippen molar-refractivity contribution in [3.63, 3.8) is 0 Å². The lowest BCUT2D eigenvalue weighted by molar-refractivity contribution is -0.156. The van der Waals surface area contributed by atoms with E-state index in [0.29, 0.717) is 0 Å². The zero-order chi connectivity index (χ0) is 19.4. The standard InChI is InChI=1S/C20H25NO4S2/c1-15(21(2)27(23,24)18-13-8-14-26-18)19(16-9-4-3-5-10-16)25-20(22)17-11-6-7-12-17/h3-5,8-10,13-15,17,19H,6-7,11-12H2,1-2H3/t15-,19+/m1/s1. The highest BCUT2D eigenvalue weighted by molar-refractivity contribution is 7.91. The van der Waals surface area contributed by atoms with E-state index in [4.69, 9.17) is 4.74 Å². The Labute approximate surface area is 165 Å². The number of hydrogen-bond donors (Lipinski definition) is 0. The van der Waals surface area contributed by atoms with Crippen LogP contribution in [0.25, 0.3) is 0 Å². The molecule has 1 aromatic heterocycles. The number of carbonyl (C=O) groups excluding carboxylic acids is 1. The maximum Gasteiger partial charge on any atom is 0.309 e. The Kier molecular flexibility index (Phi) is 6.34. The van der Waals surface area contributed by atoms with Gasteiger partial charge >= 0.3 is 5.97 Å². The summed E-state index contributed by atoms with van der Waals surface area (Å²) in [4.78, 5) is 12.6. The summed E-state index contributed by atoms with van der Waals surface area (Å²) in [6.07, 6.45) is 3.12. The summed E-state index contributed by atoms with van der Waals surface area (Å²) in [6.45, 7) is 1.78. The molecule has 2 atom stereocenters. The minimum atomic E-state index is -3.64. The first kappa shape index (κ1) is 20.0. The first-order chi connectivity index (χ1) is 12.9. The molecular formula is C20H25NO4S2. The maximum absolute atomic E-state index is 12.9. The van der Waals surface area contributed by atoms with Crippen LogP contribution in [0.5, 0.6) is 0 Å². The van der Waals surface area contributed by atoms with Crippen LogP contribution < -0.4 is 0 Å². The Balaban J connectivity index is 1.86. The third-order valence-corrected chi connectivity index (χ3v) is 8.52. The van der Waals surface area contributed by atoms with E-state index in [-0.39, 0.29) is 16.1 Å². The molecule has 1 saturated carbocycles. The predicted octanol–water partition coefficient (Wildman–Crippen LogP) is 4.23. The van der Waals surface area contributed by atoms with E-state index < -0.39 is 22.2 Å². The number of nitrogens with zero attached hydrogens (tertiary/aromatic N) is 1. The molecule has 5 nitrogen and oxygen atoms in total. The third-order valence-electron chi connectivity index (χ3n) is 5.20. The summed E-state index contributed by atoms with van der Waals surface area (Å²) in [7, 11) is -2.10. The van der Waals surface area contributed by atoms with Crippen LogP contribution in [-0.2, 0) is 19.6 Å². The Morgan fingerprint density at radius 1 is 1.15 bits per heavy atom. The molecule has 1 aliphatic carbocycles. The van der Waals surface area contributed by atoms with E-state index in [2.05, 4.69) is 0 Å². The normalized spacial score (nSPS) is 17.7. The SMILES string of the molecule is C[C@H]([C@H](OC(=O)C1CCCC1)c1ccccc1)N(C)S(=O)(=O)c1cccs1. The topological polar surface area (TPSA) is 63.7 Å². The van der Waals surface area contributed by atoms with Gasteiger partial charge in [-0.05, 0) is 36.8 Å². The van der Waals surface area contributed by atoms with Gasteiger partial charge in [0.05, 0.1) is 12.0 Å². The van der Waals surface area contributed by atoms with Crippen molar-refractivity contribution >= 4 is 27.3 Å². The summed E-state index contributed by atoms with van der Waals surface area (Å²) in [5, 5.41) is 1.74. The van der Waals surface area contributed by atoms with Crippen molar-refractivity contribution < 1.29 is 17.9 Å². The molecule has 0 radical (unpaired) electrons. The van der Waals surface area contributed by atoms with Crippen molar-refractivity contribution in [3.8, 4) is 0 Å². The van der Waals surface area contributed by atoms with Gasteiger partial charge in [0.25, 0.3) is 10.0 Å². The highest BCUT2D eigenvalue weighted by Crippen LogP contribution is 2.32. The van der Waals surface area contributed by atoms with Gasteiger partial charge in [-0.3, -0.25) is 4.79 Å². The minimum absolute atomic E-state index is 0.0809. The van der Waals surface area contributed by atoms with Crippen LogP contribution in [0.15, 0.2) is 52.1 Å². The van der Waals surface area contributed by atoms with Gasteiger partial charge in [-0.1, -0.05) is 49.2 Å². The highest BCUT2D eigenvalue weighted by atomic mass is 32.2. The van der Waals surface area contributed by atoms with Crippen LogP contribution in [0.2, 0.25) is 0 Å². The first-order valence-corrected chi connectivity index (χ1v) is 11.5. The zero-order valence-corrected chi connectivity index (χ0v) is 17.2. The zero-order valence-electron chi connectivity index (χ0n) is 15.6. The largest absolute Gasteiger partial charge is 0.456 e. The van der Waals surface area contributed by atoms with E-state index in [1.165, 1.54) is 15.6 Å². The molecule has 2 aromatic rings. The van der Waals surface area contributed by atoms with Crippen molar-refractivity contribution in [1.29, 1.82) is 0 Å². The number of carbonyl (C=O) groups is 1. The van der Waals surface area contributed by atoms with Crippen LogP contribution >= 0.6 is 11.3 Å². The van der Waals surface area contributed by atoms with Gasteiger partial charge < -0.3 is 4.74 Å². The molecule has 1 aliphatic rings. The van der Waals surface area contributed by atoms with Crippen LogP contribution in [0.1, 0.15) is 44.3 Å². The fourth-order valence-corrected chi connectivity index (χ4v) is 5.97. The number of thiophene rings is 1. The minimum Gasteiger partial charge on any atom is -0.456 e. The number of esters is 1. The van der Waals surface area contributed by atoms with Gasteiger partial charge in [0.1, 0.15) is 10.3 Å². The Bertz CT molecular complexity index is 843. The third kappa shape index (κ3) is 4.42. The molecule has 0 amide bonds. The van der Waals surface area contributed by atoms with Crippen LogP contribution in [-0.4, -0.2) is 31.8 Å². The second kappa shape index (κ2) is 8.54. The van der Waals surface area contributed by atoms with Crippen molar-refractivity contribution in [3.05, 3.63) is 53.4 Å². The lowest BCUT2D eigenvalue weighted by atomic mass is 10.0. The van der Waals surface area contributed by atoms with Gasteiger partial charge in [-0.2, -0.15) is 4.31 Å². The Morgan fingerprint density at radius 3 is 2.41 bits per heavy atom. The molecular weight excluding hydrogens is 382 g/mol. The van der Waals surface area contributed by atoms with E-state index in [0.717, 1.165) is 31.2 Å². The summed E-state index contributed by atoms with van der Waals surface area (Å²) < 4.78 is 33.3. The maximum atomic E-state index is 12.9. The molecule has 3 rings (SSSR count). The van der Waals surface area contributed by atoms with Crippen molar-refractivity contribution in [2.24, 2.45) is 5.92 Å². The molecule has 0 spiro atoms. The number of rotatable bonds is 7. The van der Waals surface area contributed by atoms with E-state index >= 15 is 0 Å². The monoisotopic (exact) mass is 407 g/mol. The molecule has 0 unspecified atom stereocenters. The molecule has 1 aromatic carbocycles. The summed E-state index contributed by atoms with van der Waals surface area (Å²) >= 11 is 1.18. The number of benzene rings is 1. The van der Waals surface area contributed by atoms with Crippen molar-refractivity contribution in [2.75, 3.05) is 7.05 Å². The smallest absolute Gasteiger partial charge is 0.309 e. The van der Waals surface area contributed by atoms with Gasteiger partial charge in [-0.15, -0.1) is 11.3 Å². The molecule has 1 fully saturated rings. The van der Waals surface area contributed by atoms with E-state index in [1.807, 2.05) is 30.3 Å². The second-order valence-electron chi connectivity index (χ2n) is 6.94. The number of ether oxygens (including phenoxy) is 1. The quantitative estimate of drug-likeness (QED) is 0.644. The summed E-state index contributed by atoms with van der Waals surface area (Å²) in [5.41, 5.74) is 0.796. The predicted molar refractivity (Wildman–Crippen MR) is 106 cm³/mol. The summed E-state index contributed by atoms with van der Waals surface area (Å²) in [5.74, 6) is -0.308. The average Bonchev–Trinajstić information content (AvgIpc) is 3.39. The molecule has 1 heterocycles. The summed E-state index contributed by atoms with van der Waals surface area (Å²) in [6, 6.07) is 12.1. The van der Waals surface area contributed by atoms with Gasteiger partial charge in [-0.25, -0.2) is 8.42 Å². The van der Waals surface area contributed by atoms with Crippen LogP contribution in [0.3, 0.4) is 0 Å². The lowest BCUT2D eigenvalue weighted by Crippen LogP contribution is -2.40. The molecule has 146 valence electrons. The molecule has 7 heteroatoms. The molecule has 27 heavy (non-hydrogen) atoms. The molecule has 0 bridgehead atoms. The number of sulfonamides is 1. The van der Waals surface area contributed by atoms with Gasteiger partial charge in [0.15, 0.2) is 0 Å². The second-order valence-corrected chi connectivity index (χ2v) is 10.1. The van der Waals surface area contributed by atoms with Crippen molar-refractivity contribution in [2.45, 2.75) is 49.0 Å². The van der Waals surface area contributed by atoms with Crippen LogP contribution in [0.4, 0.5) is 0 Å². The molecule has 0 aliphatic heterocycles. The Hall–Kier alpha value is -1.70. The number of hydrogen-bond acceptors (Lipinski definition) is 5. The fourth-order valence-electron chi connectivity index (χ4n) is 3.43. The van der Waals surface area contributed by atoms with E-state index in [1.54, 1.807) is 31.5 Å².